The fraction of sp³-hybridized carbons (Fsp3) is 0.533. The summed E-state index contributed by atoms with van der Waals surface area (Å²) in [7, 11) is 0. The van der Waals surface area contributed by atoms with Crippen molar-refractivity contribution in [3.8, 4) is 5.75 Å². The average molecular weight is 348 g/mol. The van der Waals surface area contributed by atoms with Crippen molar-refractivity contribution in [3.63, 3.8) is 0 Å². The maximum atomic E-state index is 13.5. The standard InChI is InChI=1S/C15H16F4N2O3/c16-11-2-1-9(7-12(11)24-15(17,18)19)14(4-5-14)21-13(22)23-8-10-3-6-20-10/h1-2,7,10,20H,3-6,8H2,(H,21,22). The van der Waals surface area contributed by atoms with Gasteiger partial charge < -0.3 is 20.1 Å². The Morgan fingerprint density at radius 1 is 1.38 bits per heavy atom. The lowest BCUT2D eigenvalue weighted by Crippen LogP contribution is -2.47. The summed E-state index contributed by atoms with van der Waals surface area (Å²) in [6.45, 7) is 1.12. The molecule has 2 fully saturated rings. The molecule has 1 atom stereocenters. The third-order valence-electron chi connectivity index (χ3n) is 4.14. The van der Waals surface area contributed by atoms with Crippen molar-refractivity contribution in [2.75, 3.05) is 13.2 Å². The summed E-state index contributed by atoms with van der Waals surface area (Å²) in [5, 5.41) is 5.73. The Hall–Kier alpha value is -2.03. The molecule has 1 unspecified atom stereocenters. The van der Waals surface area contributed by atoms with E-state index in [1.54, 1.807) is 0 Å². The van der Waals surface area contributed by atoms with Crippen LogP contribution >= 0.6 is 0 Å². The Bertz CT molecular complexity index is 628. The quantitative estimate of drug-likeness (QED) is 0.804. The van der Waals surface area contributed by atoms with Gasteiger partial charge in [-0.25, -0.2) is 9.18 Å². The maximum absolute atomic E-state index is 13.5. The Morgan fingerprint density at radius 2 is 2.08 bits per heavy atom. The molecule has 1 heterocycles. The first kappa shape index (κ1) is 16.8. The van der Waals surface area contributed by atoms with Crippen molar-refractivity contribution >= 4 is 6.09 Å². The molecule has 2 N–H and O–H groups in total. The SMILES string of the molecule is O=C(NC1(c2ccc(F)c(OC(F)(F)F)c2)CC1)OCC1CCN1. The monoisotopic (exact) mass is 348 g/mol. The highest BCUT2D eigenvalue weighted by Gasteiger charge is 2.47. The normalized spacial score (nSPS) is 21.6. The predicted octanol–water partition coefficient (Wildman–Crippen LogP) is 2.80. The lowest BCUT2D eigenvalue weighted by Gasteiger charge is -2.27. The summed E-state index contributed by atoms with van der Waals surface area (Å²) < 4.78 is 59.2. The van der Waals surface area contributed by atoms with E-state index < -0.39 is 29.6 Å². The molecule has 1 saturated carbocycles. The number of halogens is 4. The van der Waals surface area contributed by atoms with Crippen molar-refractivity contribution in [1.82, 2.24) is 10.6 Å². The first-order chi connectivity index (χ1) is 11.3. The van der Waals surface area contributed by atoms with Gasteiger partial charge in [-0.1, -0.05) is 6.07 Å². The molecule has 2 aliphatic rings. The van der Waals surface area contributed by atoms with Crippen molar-refractivity contribution in [2.45, 2.75) is 37.2 Å². The molecule has 3 rings (SSSR count). The molecule has 1 aliphatic carbocycles. The van der Waals surface area contributed by atoms with Gasteiger partial charge in [-0.2, -0.15) is 0 Å². The Labute approximate surface area is 135 Å². The van der Waals surface area contributed by atoms with Crippen LogP contribution in [0.3, 0.4) is 0 Å². The summed E-state index contributed by atoms with van der Waals surface area (Å²) in [6.07, 6.45) is -3.65. The molecule has 9 heteroatoms. The molecule has 1 aliphatic heterocycles. The molecule has 1 saturated heterocycles. The number of nitrogens with one attached hydrogen (secondary N) is 2. The van der Waals surface area contributed by atoms with E-state index in [9.17, 15) is 22.4 Å². The second-order valence-corrected chi connectivity index (χ2v) is 5.94. The molecule has 1 aromatic rings. The van der Waals surface area contributed by atoms with Gasteiger partial charge in [0, 0.05) is 6.04 Å². The van der Waals surface area contributed by atoms with Gasteiger partial charge in [0.15, 0.2) is 11.6 Å². The van der Waals surface area contributed by atoms with E-state index >= 15 is 0 Å². The highest BCUT2D eigenvalue weighted by molar-refractivity contribution is 5.69. The minimum atomic E-state index is -4.99. The average Bonchev–Trinajstić information content (AvgIpc) is 3.18. The van der Waals surface area contributed by atoms with E-state index in [1.807, 2.05) is 0 Å². The topological polar surface area (TPSA) is 59.6 Å². The Balaban J connectivity index is 1.66. The van der Waals surface area contributed by atoms with Crippen LogP contribution in [0, 0.1) is 5.82 Å². The molecular formula is C15H16F4N2O3. The van der Waals surface area contributed by atoms with Gasteiger partial charge in [0.25, 0.3) is 0 Å². The minimum absolute atomic E-state index is 0.142. The summed E-state index contributed by atoms with van der Waals surface area (Å²) in [4.78, 5) is 11.9. The fourth-order valence-corrected chi connectivity index (χ4v) is 2.51. The van der Waals surface area contributed by atoms with Crippen LogP contribution in [0.5, 0.6) is 5.75 Å². The fourth-order valence-electron chi connectivity index (χ4n) is 2.51. The maximum Gasteiger partial charge on any atom is 0.573 e. The third kappa shape index (κ3) is 3.89. The zero-order chi connectivity index (χ0) is 17.4. The summed E-state index contributed by atoms with van der Waals surface area (Å²) in [5.41, 5.74) is -0.483. The molecule has 132 valence electrons. The molecule has 0 radical (unpaired) electrons. The molecule has 0 aromatic heterocycles. The number of carbonyl (C=O) groups excluding carboxylic acids is 1. The summed E-state index contributed by atoms with van der Waals surface area (Å²) >= 11 is 0. The molecule has 0 bridgehead atoms. The number of alkyl carbamates (subject to hydrolysis) is 1. The first-order valence-electron chi connectivity index (χ1n) is 7.51. The predicted molar refractivity (Wildman–Crippen MR) is 74.9 cm³/mol. The van der Waals surface area contributed by atoms with E-state index in [-0.39, 0.29) is 12.6 Å². The molecular weight excluding hydrogens is 332 g/mol. The van der Waals surface area contributed by atoms with Gasteiger partial charge in [-0.05, 0) is 43.5 Å². The molecule has 1 amide bonds. The number of carbonyl (C=O) groups is 1. The zero-order valence-corrected chi connectivity index (χ0v) is 12.6. The summed E-state index contributed by atoms with van der Waals surface area (Å²) in [5.74, 6) is -2.04. The van der Waals surface area contributed by atoms with Crippen LogP contribution in [0.1, 0.15) is 24.8 Å². The van der Waals surface area contributed by atoms with Gasteiger partial charge in [0.1, 0.15) is 6.61 Å². The van der Waals surface area contributed by atoms with Gasteiger partial charge in [0.05, 0.1) is 5.54 Å². The van der Waals surface area contributed by atoms with Crippen molar-refractivity contribution in [3.05, 3.63) is 29.6 Å². The van der Waals surface area contributed by atoms with Crippen molar-refractivity contribution in [1.29, 1.82) is 0 Å². The van der Waals surface area contributed by atoms with Gasteiger partial charge in [-0.15, -0.1) is 13.2 Å². The number of alkyl halides is 3. The van der Waals surface area contributed by atoms with Crippen LogP contribution in [0.4, 0.5) is 22.4 Å². The lowest BCUT2D eigenvalue weighted by molar-refractivity contribution is -0.275. The van der Waals surface area contributed by atoms with Crippen LogP contribution < -0.4 is 15.4 Å². The lowest BCUT2D eigenvalue weighted by atomic mass is 10.0. The Kier molecular flexibility index (Phi) is 4.29. The number of rotatable bonds is 5. The van der Waals surface area contributed by atoms with E-state index in [0.717, 1.165) is 25.1 Å². The number of benzene rings is 1. The molecule has 1 aromatic carbocycles. The number of hydrogen-bond donors (Lipinski definition) is 2. The molecule has 5 nitrogen and oxygen atoms in total. The van der Waals surface area contributed by atoms with Crippen molar-refractivity contribution < 1.29 is 31.8 Å². The Morgan fingerprint density at radius 3 is 2.62 bits per heavy atom. The first-order valence-corrected chi connectivity index (χ1v) is 7.51. The van der Waals surface area contributed by atoms with E-state index in [2.05, 4.69) is 15.4 Å². The number of ether oxygens (including phenoxy) is 2. The van der Waals surface area contributed by atoms with Crippen LogP contribution in [0.2, 0.25) is 0 Å². The van der Waals surface area contributed by atoms with E-state index in [4.69, 9.17) is 4.74 Å². The third-order valence-corrected chi connectivity index (χ3v) is 4.14. The number of amides is 1. The van der Waals surface area contributed by atoms with Gasteiger partial charge in [0.2, 0.25) is 0 Å². The summed E-state index contributed by atoms with van der Waals surface area (Å²) in [6, 6.07) is 3.33. The van der Waals surface area contributed by atoms with Gasteiger partial charge in [-0.3, -0.25) is 0 Å². The van der Waals surface area contributed by atoms with Crippen LogP contribution in [0.25, 0.3) is 0 Å². The highest BCUT2D eigenvalue weighted by atomic mass is 19.4. The minimum Gasteiger partial charge on any atom is -0.448 e. The van der Waals surface area contributed by atoms with Crippen LogP contribution in [-0.2, 0) is 10.3 Å². The van der Waals surface area contributed by atoms with Crippen LogP contribution in [-0.4, -0.2) is 31.6 Å². The smallest absolute Gasteiger partial charge is 0.448 e. The molecule has 0 spiro atoms. The number of hydrogen-bond acceptors (Lipinski definition) is 4. The largest absolute Gasteiger partial charge is 0.573 e. The zero-order valence-electron chi connectivity index (χ0n) is 12.6. The van der Waals surface area contributed by atoms with E-state index in [1.165, 1.54) is 6.07 Å². The second-order valence-electron chi connectivity index (χ2n) is 5.94. The van der Waals surface area contributed by atoms with E-state index in [0.29, 0.717) is 18.4 Å². The second kappa shape index (κ2) is 6.12. The highest BCUT2D eigenvalue weighted by Crippen LogP contribution is 2.47. The van der Waals surface area contributed by atoms with Crippen molar-refractivity contribution in [2.24, 2.45) is 0 Å². The van der Waals surface area contributed by atoms with Crippen LogP contribution in [0.15, 0.2) is 18.2 Å². The van der Waals surface area contributed by atoms with Gasteiger partial charge >= 0.3 is 12.5 Å². The molecule has 24 heavy (non-hydrogen) atoms.